The van der Waals surface area contributed by atoms with E-state index in [4.69, 9.17) is 42.1 Å². The lowest BCUT2D eigenvalue weighted by molar-refractivity contribution is -0.222. The molecule has 1 fully saturated rings. The molecule has 3 rings (SSSR count). The van der Waals surface area contributed by atoms with Crippen molar-refractivity contribution in [3.63, 3.8) is 0 Å². The molecule has 1 saturated heterocycles. The smallest absolute Gasteiger partial charge is 0.348 e. The van der Waals surface area contributed by atoms with E-state index in [2.05, 4.69) is 0 Å². The van der Waals surface area contributed by atoms with Crippen LogP contribution in [0.4, 0.5) is 0 Å². The molecular formula is C21H18Cl2O6. The summed E-state index contributed by atoms with van der Waals surface area (Å²) in [5, 5.41) is 0.965. The Hall–Kier alpha value is -2.70. The van der Waals surface area contributed by atoms with Crippen molar-refractivity contribution in [1.29, 1.82) is 0 Å². The highest BCUT2D eigenvalue weighted by molar-refractivity contribution is 6.35. The molecule has 0 radical (unpaired) electrons. The van der Waals surface area contributed by atoms with E-state index >= 15 is 0 Å². The van der Waals surface area contributed by atoms with Crippen molar-refractivity contribution in [3.8, 4) is 11.5 Å². The largest absolute Gasteiger partial charge is 0.493 e. The van der Waals surface area contributed by atoms with Crippen molar-refractivity contribution in [1.82, 2.24) is 0 Å². The number of methoxy groups -OCH3 is 1. The van der Waals surface area contributed by atoms with Crippen LogP contribution in [0.25, 0.3) is 6.08 Å². The molecule has 0 N–H and O–H groups in total. The molecule has 29 heavy (non-hydrogen) atoms. The van der Waals surface area contributed by atoms with Gasteiger partial charge in [-0.05, 0) is 24.3 Å². The number of carbonyl (C=O) groups excluding carboxylic acids is 2. The standard InChI is InChI=1S/C21H18Cl2O6/c1-21(2)28-19(24)15(20(25)29-21)9-12-5-4-6-17(26-3)18(12)27-11-13-7-8-14(22)10-16(13)23/h4-10H,11H2,1-3H3. The van der Waals surface area contributed by atoms with Gasteiger partial charge < -0.3 is 18.9 Å². The average Bonchev–Trinajstić information content (AvgIpc) is 2.63. The van der Waals surface area contributed by atoms with Gasteiger partial charge in [0.05, 0.1) is 7.11 Å². The van der Waals surface area contributed by atoms with Gasteiger partial charge in [-0.15, -0.1) is 0 Å². The summed E-state index contributed by atoms with van der Waals surface area (Å²) in [6.45, 7) is 3.08. The zero-order chi connectivity index (χ0) is 21.2. The Morgan fingerprint density at radius 3 is 2.38 bits per heavy atom. The topological polar surface area (TPSA) is 71.1 Å². The van der Waals surface area contributed by atoms with E-state index in [1.54, 1.807) is 36.4 Å². The maximum absolute atomic E-state index is 12.3. The highest BCUT2D eigenvalue weighted by Gasteiger charge is 2.39. The first-order valence-corrected chi connectivity index (χ1v) is 9.38. The van der Waals surface area contributed by atoms with Gasteiger partial charge in [-0.25, -0.2) is 9.59 Å². The molecule has 2 aromatic rings. The van der Waals surface area contributed by atoms with E-state index in [9.17, 15) is 9.59 Å². The molecule has 1 heterocycles. The van der Waals surface area contributed by atoms with Crippen molar-refractivity contribution in [3.05, 3.63) is 63.1 Å². The van der Waals surface area contributed by atoms with Crippen LogP contribution in [0.3, 0.4) is 0 Å². The monoisotopic (exact) mass is 436 g/mol. The number of ether oxygens (including phenoxy) is 4. The van der Waals surface area contributed by atoms with Crippen LogP contribution < -0.4 is 9.47 Å². The maximum Gasteiger partial charge on any atom is 0.348 e. The van der Waals surface area contributed by atoms with E-state index in [0.717, 1.165) is 0 Å². The highest BCUT2D eigenvalue weighted by atomic mass is 35.5. The Bertz CT molecular complexity index is 975. The minimum absolute atomic E-state index is 0.120. The molecule has 8 heteroatoms. The molecule has 6 nitrogen and oxygen atoms in total. The van der Waals surface area contributed by atoms with Crippen molar-refractivity contribution >= 4 is 41.2 Å². The Balaban J connectivity index is 1.94. The summed E-state index contributed by atoms with van der Waals surface area (Å²) in [7, 11) is 1.49. The predicted octanol–water partition coefficient (Wildman–Crippen LogP) is 4.80. The Kier molecular flexibility index (Phi) is 6.05. The average molecular weight is 437 g/mol. The molecule has 0 amide bonds. The molecule has 2 aromatic carbocycles. The van der Waals surface area contributed by atoms with Gasteiger partial charge in [0.15, 0.2) is 11.5 Å². The fraction of sp³-hybridized carbons (Fsp3) is 0.238. The van der Waals surface area contributed by atoms with Crippen molar-refractivity contribution in [2.45, 2.75) is 26.2 Å². The molecule has 0 unspecified atom stereocenters. The van der Waals surface area contributed by atoms with E-state index in [0.29, 0.717) is 32.7 Å². The molecule has 0 aliphatic carbocycles. The second-order valence-electron chi connectivity index (χ2n) is 6.64. The van der Waals surface area contributed by atoms with Crippen LogP contribution >= 0.6 is 23.2 Å². The number of cyclic esters (lactones) is 2. The summed E-state index contributed by atoms with van der Waals surface area (Å²) in [5.74, 6) is -2.12. The number of benzene rings is 2. The summed E-state index contributed by atoms with van der Waals surface area (Å²) < 4.78 is 21.5. The lowest BCUT2D eigenvalue weighted by Gasteiger charge is -2.29. The number of para-hydroxylation sites is 1. The van der Waals surface area contributed by atoms with E-state index in [-0.39, 0.29) is 12.2 Å². The molecule has 0 saturated carbocycles. The van der Waals surface area contributed by atoms with Gasteiger partial charge >= 0.3 is 11.9 Å². The van der Waals surface area contributed by atoms with Crippen molar-refractivity contribution < 1.29 is 28.5 Å². The lowest BCUT2D eigenvalue weighted by atomic mass is 10.1. The van der Waals surface area contributed by atoms with E-state index < -0.39 is 17.7 Å². The number of hydrogen-bond acceptors (Lipinski definition) is 6. The third-order valence-corrected chi connectivity index (χ3v) is 4.62. The van der Waals surface area contributed by atoms with Gasteiger partial charge in [-0.2, -0.15) is 0 Å². The van der Waals surface area contributed by atoms with Crippen LogP contribution in [0.15, 0.2) is 42.0 Å². The van der Waals surface area contributed by atoms with Gasteiger partial charge in [0.2, 0.25) is 0 Å². The SMILES string of the molecule is COc1cccc(C=C2C(=O)OC(C)(C)OC2=O)c1OCc1ccc(Cl)cc1Cl. The van der Waals surface area contributed by atoms with Gasteiger partial charge in [0.25, 0.3) is 5.79 Å². The van der Waals surface area contributed by atoms with Gasteiger partial charge in [-0.3, -0.25) is 0 Å². The Labute approximate surface area is 177 Å². The zero-order valence-electron chi connectivity index (χ0n) is 16.0. The normalized spacial score (nSPS) is 15.4. The molecule has 0 atom stereocenters. The molecule has 0 spiro atoms. The number of carbonyl (C=O) groups is 2. The summed E-state index contributed by atoms with van der Waals surface area (Å²) in [6, 6.07) is 10.1. The summed E-state index contributed by atoms with van der Waals surface area (Å²) in [6.07, 6.45) is 1.35. The fourth-order valence-electron chi connectivity index (χ4n) is 2.68. The summed E-state index contributed by atoms with van der Waals surface area (Å²) in [4.78, 5) is 24.5. The number of halogens is 2. The van der Waals surface area contributed by atoms with E-state index in [1.165, 1.54) is 27.0 Å². The van der Waals surface area contributed by atoms with E-state index in [1.807, 2.05) is 0 Å². The molecule has 0 bridgehead atoms. The summed E-state index contributed by atoms with van der Waals surface area (Å²) in [5.41, 5.74) is 0.906. The van der Waals surface area contributed by atoms with Gasteiger partial charge in [-0.1, -0.05) is 41.4 Å². The second kappa shape index (κ2) is 8.35. The highest BCUT2D eigenvalue weighted by Crippen LogP contribution is 2.35. The van der Waals surface area contributed by atoms with Crippen LogP contribution in [-0.4, -0.2) is 24.8 Å². The van der Waals surface area contributed by atoms with Crippen LogP contribution in [0, 0.1) is 0 Å². The fourth-order valence-corrected chi connectivity index (χ4v) is 3.15. The minimum Gasteiger partial charge on any atom is -0.493 e. The quantitative estimate of drug-likeness (QED) is 0.380. The Morgan fingerprint density at radius 2 is 1.76 bits per heavy atom. The second-order valence-corrected chi connectivity index (χ2v) is 7.48. The first kappa shape index (κ1) is 21.0. The first-order chi connectivity index (χ1) is 13.7. The third-order valence-electron chi connectivity index (χ3n) is 4.03. The van der Waals surface area contributed by atoms with Gasteiger partial charge in [0.1, 0.15) is 12.2 Å². The van der Waals surface area contributed by atoms with Crippen LogP contribution in [0.1, 0.15) is 25.0 Å². The third kappa shape index (κ3) is 4.83. The summed E-state index contributed by atoms with van der Waals surface area (Å²) >= 11 is 12.1. The van der Waals surface area contributed by atoms with Crippen LogP contribution in [0.2, 0.25) is 10.0 Å². The zero-order valence-corrected chi connectivity index (χ0v) is 17.5. The molecule has 1 aliphatic heterocycles. The van der Waals surface area contributed by atoms with Crippen molar-refractivity contribution in [2.24, 2.45) is 0 Å². The molecule has 0 aromatic heterocycles. The predicted molar refractivity (Wildman–Crippen MR) is 108 cm³/mol. The number of esters is 2. The maximum atomic E-state index is 12.3. The Morgan fingerprint density at radius 1 is 1.07 bits per heavy atom. The molecule has 152 valence electrons. The molecule has 1 aliphatic rings. The van der Waals surface area contributed by atoms with Gasteiger partial charge in [0, 0.05) is 35.0 Å². The molecular weight excluding hydrogens is 419 g/mol. The number of hydrogen-bond donors (Lipinski definition) is 0. The first-order valence-electron chi connectivity index (χ1n) is 8.62. The minimum atomic E-state index is -1.31. The number of rotatable bonds is 5. The lowest BCUT2D eigenvalue weighted by Crippen LogP contribution is -2.41. The van der Waals surface area contributed by atoms with Crippen molar-refractivity contribution in [2.75, 3.05) is 7.11 Å². The van der Waals surface area contributed by atoms with Crippen LogP contribution in [0.5, 0.6) is 11.5 Å². The van der Waals surface area contributed by atoms with Crippen LogP contribution in [-0.2, 0) is 25.7 Å².